The fourth-order valence-corrected chi connectivity index (χ4v) is 4.46. The number of rotatable bonds is 5. The van der Waals surface area contributed by atoms with Gasteiger partial charge >= 0.3 is 0 Å². The van der Waals surface area contributed by atoms with Crippen LogP contribution in [0.5, 0.6) is 11.6 Å². The van der Waals surface area contributed by atoms with E-state index in [1.165, 1.54) is 31.6 Å². The Kier molecular flexibility index (Phi) is 5.37. The first-order chi connectivity index (χ1) is 14.4. The number of sulfonamides is 1. The van der Waals surface area contributed by atoms with Crippen molar-refractivity contribution in [1.82, 2.24) is 9.97 Å². The summed E-state index contributed by atoms with van der Waals surface area (Å²) in [6.07, 6.45) is 6.03. The Morgan fingerprint density at radius 3 is 2.80 bits per heavy atom. The van der Waals surface area contributed by atoms with Gasteiger partial charge in [0.2, 0.25) is 11.8 Å². The molecule has 30 heavy (non-hydrogen) atoms. The molecule has 3 aromatic rings. The summed E-state index contributed by atoms with van der Waals surface area (Å²) in [6.45, 7) is 2.16. The molecule has 4 rings (SSSR count). The Balaban J connectivity index is 1.56. The van der Waals surface area contributed by atoms with Crippen molar-refractivity contribution in [1.29, 1.82) is 0 Å². The van der Waals surface area contributed by atoms with E-state index in [0.717, 1.165) is 24.1 Å². The molecule has 0 atom stereocenters. The average molecular weight is 424 g/mol. The predicted molar refractivity (Wildman–Crippen MR) is 112 cm³/mol. The van der Waals surface area contributed by atoms with Gasteiger partial charge in [0.1, 0.15) is 5.75 Å². The van der Waals surface area contributed by atoms with E-state index in [2.05, 4.69) is 14.7 Å². The van der Waals surface area contributed by atoms with Gasteiger partial charge in [0.25, 0.3) is 10.0 Å². The van der Waals surface area contributed by atoms with Gasteiger partial charge in [-0.2, -0.15) is 0 Å². The zero-order valence-corrected chi connectivity index (χ0v) is 17.1. The second-order valence-electron chi connectivity index (χ2n) is 6.84. The molecule has 1 aromatic heterocycles. The summed E-state index contributed by atoms with van der Waals surface area (Å²) < 4.78 is 34.0. The Hall–Kier alpha value is -3.46. The molecule has 1 aliphatic heterocycles. The Morgan fingerprint density at radius 1 is 1.17 bits per heavy atom. The summed E-state index contributed by atoms with van der Waals surface area (Å²) >= 11 is 0. The average Bonchev–Trinajstić information content (AvgIpc) is 2.73. The number of hydrogen-bond acceptors (Lipinski definition) is 6. The third kappa shape index (κ3) is 4.25. The molecule has 1 amide bonds. The number of nitrogens with zero attached hydrogens (tertiary/aromatic N) is 3. The van der Waals surface area contributed by atoms with E-state index >= 15 is 0 Å². The van der Waals surface area contributed by atoms with Gasteiger partial charge in [-0.15, -0.1) is 0 Å². The van der Waals surface area contributed by atoms with Crippen molar-refractivity contribution in [2.24, 2.45) is 0 Å². The molecule has 2 aromatic carbocycles. The summed E-state index contributed by atoms with van der Waals surface area (Å²) in [7, 11) is -3.81. The molecule has 1 aliphatic rings. The maximum Gasteiger partial charge on any atom is 0.261 e. The number of carbonyl (C=O) groups excluding carboxylic acids is 1. The molecule has 0 unspecified atom stereocenters. The van der Waals surface area contributed by atoms with Crippen LogP contribution in [0, 0.1) is 0 Å². The van der Waals surface area contributed by atoms with E-state index in [4.69, 9.17) is 4.74 Å². The van der Waals surface area contributed by atoms with E-state index in [1.807, 2.05) is 0 Å². The van der Waals surface area contributed by atoms with E-state index in [-0.39, 0.29) is 10.8 Å². The Bertz CT molecular complexity index is 1180. The van der Waals surface area contributed by atoms with Gasteiger partial charge in [0, 0.05) is 37.6 Å². The van der Waals surface area contributed by atoms with Crippen molar-refractivity contribution in [2.75, 3.05) is 16.2 Å². The van der Waals surface area contributed by atoms with Crippen LogP contribution in [0.1, 0.15) is 18.9 Å². The molecular weight excluding hydrogens is 404 g/mol. The molecule has 0 radical (unpaired) electrons. The van der Waals surface area contributed by atoms with Crippen LogP contribution in [0.2, 0.25) is 0 Å². The fourth-order valence-electron chi connectivity index (χ4n) is 3.36. The van der Waals surface area contributed by atoms with Gasteiger partial charge in [0.15, 0.2) is 0 Å². The third-order valence-corrected chi connectivity index (χ3v) is 6.09. The van der Waals surface area contributed by atoms with Crippen LogP contribution in [0.25, 0.3) is 0 Å². The number of carbonyl (C=O) groups is 1. The quantitative estimate of drug-likeness (QED) is 0.674. The van der Waals surface area contributed by atoms with Gasteiger partial charge in [-0.05, 0) is 48.7 Å². The minimum atomic E-state index is -3.81. The normalized spacial score (nSPS) is 13.4. The van der Waals surface area contributed by atoms with Crippen molar-refractivity contribution in [3.8, 4) is 11.6 Å². The van der Waals surface area contributed by atoms with Crippen LogP contribution in [0.15, 0.2) is 66.0 Å². The summed E-state index contributed by atoms with van der Waals surface area (Å²) in [4.78, 5) is 21.6. The highest BCUT2D eigenvalue weighted by molar-refractivity contribution is 7.92. The zero-order valence-electron chi connectivity index (χ0n) is 16.3. The number of nitrogens with one attached hydrogen (secondary N) is 1. The van der Waals surface area contributed by atoms with Gasteiger partial charge < -0.3 is 9.64 Å². The van der Waals surface area contributed by atoms with Crippen LogP contribution in [0.4, 0.5) is 11.4 Å². The van der Waals surface area contributed by atoms with E-state index in [9.17, 15) is 13.2 Å². The lowest BCUT2D eigenvalue weighted by atomic mass is 10.0. The molecule has 1 N–H and O–H groups in total. The van der Waals surface area contributed by atoms with Crippen molar-refractivity contribution >= 4 is 27.3 Å². The fraction of sp³-hybridized carbons (Fsp3) is 0.190. The molecule has 9 heteroatoms. The lowest BCUT2D eigenvalue weighted by Crippen LogP contribution is -2.33. The Morgan fingerprint density at radius 2 is 2.03 bits per heavy atom. The van der Waals surface area contributed by atoms with Crippen molar-refractivity contribution in [3.63, 3.8) is 0 Å². The second-order valence-corrected chi connectivity index (χ2v) is 8.53. The number of ether oxygens (including phenoxy) is 1. The Labute approximate surface area is 174 Å². The lowest BCUT2D eigenvalue weighted by molar-refractivity contribution is -0.116. The molecule has 0 bridgehead atoms. The summed E-state index contributed by atoms with van der Waals surface area (Å²) in [6, 6.07) is 11.4. The highest BCUT2D eigenvalue weighted by Gasteiger charge is 2.23. The largest absolute Gasteiger partial charge is 0.437 e. The van der Waals surface area contributed by atoms with E-state index in [0.29, 0.717) is 23.9 Å². The number of hydrogen-bond donors (Lipinski definition) is 1. The first-order valence-corrected chi connectivity index (χ1v) is 10.9. The number of benzene rings is 2. The molecule has 8 nitrogen and oxygen atoms in total. The number of aryl methyl sites for hydroxylation is 1. The van der Waals surface area contributed by atoms with Crippen LogP contribution in [-0.4, -0.2) is 30.8 Å². The number of anilines is 2. The number of fused-ring (bicyclic) bond motifs is 1. The van der Waals surface area contributed by atoms with Crippen molar-refractivity contribution in [3.05, 3.63) is 66.6 Å². The molecule has 0 fully saturated rings. The maximum atomic E-state index is 12.9. The van der Waals surface area contributed by atoms with Gasteiger partial charge in [-0.25, -0.2) is 13.4 Å². The molecule has 0 saturated carbocycles. The van der Waals surface area contributed by atoms with Gasteiger partial charge in [0.05, 0.1) is 16.8 Å². The van der Waals surface area contributed by atoms with Crippen molar-refractivity contribution in [2.45, 2.75) is 24.7 Å². The first-order valence-electron chi connectivity index (χ1n) is 9.40. The molecule has 154 valence electrons. The lowest BCUT2D eigenvalue weighted by Gasteiger charge is -2.28. The van der Waals surface area contributed by atoms with Crippen LogP contribution >= 0.6 is 0 Å². The second kappa shape index (κ2) is 8.11. The highest BCUT2D eigenvalue weighted by Crippen LogP contribution is 2.30. The van der Waals surface area contributed by atoms with Gasteiger partial charge in [-0.1, -0.05) is 6.07 Å². The summed E-state index contributed by atoms with van der Waals surface area (Å²) in [5.74, 6) is 0.685. The molecule has 0 aliphatic carbocycles. The summed E-state index contributed by atoms with van der Waals surface area (Å²) in [5.41, 5.74) is 1.98. The predicted octanol–water partition coefficient (Wildman–Crippen LogP) is 3.37. The smallest absolute Gasteiger partial charge is 0.261 e. The monoisotopic (exact) mass is 424 g/mol. The van der Waals surface area contributed by atoms with E-state index < -0.39 is 10.0 Å². The number of aromatic nitrogens is 2. The third-order valence-electron chi connectivity index (χ3n) is 4.71. The van der Waals surface area contributed by atoms with Crippen LogP contribution < -0.4 is 14.4 Å². The standard InChI is InChI=1S/C21H20N4O4S/c1-15(26)25-11-3-4-16-12-19(7-8-20(16)25)30(27,28)24-17-5-2-6-18(13-17)29-21-14-22-9-10-23-21/h2,5-10,12-14,24H,3-4,11H2,1H3. The molecule has 0 saturated heterocycles. The van der Waals surface area contributed by atoms with Crippen molar-refractivity contribution < 1.29 is 17.9 Å². The number of amides is 1. The highest BCUT2D eigenvalue weighted by atomic mass is 32.2. The summed E-state index contributed by atoms with van der Waals surface area (Å²) in [5, 5.41) is 0. The van der Waals surface area contributed by atoms with Crippen LogP contribution in [0.3, 0.4) is 0 Å². The first kappa shape index (κ1) is 19.8. The van der Waals surface area contributed by atoms with Gasteiger partial charge in [-0.3, -0.25) is 14.5 Å². The minimum Gasteiger partial charge on any atom is -0.437 e. The molecule has 0 spiro atoms. The SMILES string of the molecule is CC(=O)N1CCCc2cc(S(=O)(=O)Nc3cccc(Oc4cnccn4)c3)ccc21. The maximum absolute atomic E-state index is 12.9. The zero-order chi connectivity index (χ0) is 21.1. The topological polar surface area (TPSA) is 101 Å². The molecule has 2 heterocycles. The van der Waals surface area contributed by atoms with Crippen LogP contribution in [-0.2, 0) is 21.2 Å². The molecular formula is C21H20N4O4S. The van der Waals surface area contributed by atoms with E-state index in [1.54, 1.807) is 41.3 Å². The minimum absolute atomic E-state index is 0.0513.